The van der Waals surface area contributed by atoms with Gasteiger partial charge in [-0.05, 0) is 49.9 Å². The molecule has 0 fully saturated rings. The third-order valence-electron chi connectivity index (χ3n) is 5.49. The van der Waals surface area contributed by atoms with Crippen LogP contribution in [0.4, 0.5) is 0 Å². The molecule has 0 radical (unpaired) electrons. The molecule has 0 bridgehead atoms. The van der Waals surface area contributed by atoms with E-state index in [1.165, 1.54) is 23.3 Å². The second-order valence-electron chi connectivity index (χ2n) is 7.81. The molecule has 0 aliphatic carbocycles. The van der Waals surface area contributed by atoms with Crippen LogP contribution in [0, 0.1) is 5.41 Å². The Morgan fingerprint density at radius 3 is 2.63 bits per heavy atom. The Labute approximate surface area is 192 Å². The number of fused-ring (bicyclic) bond motifs is 1. The minimum Gasteiger partial charge on any atom is -0.468 e. The third-order valence-corrected chi connectivity index (χ3v) is 6.95. The largest absolute Gasteiger partial charge is 0.468 e. The molecule has 2 aromatic rings. The number of methoxy groups -OCH3 is 1. The van der Waals surface area contributed by atoms with Gasteiger partial charge in [0.15, 0.2) is 5.06 Å². The number of carbonyl (C=O) groups excluding carboxylic acids is 2. The van der Waals surface area contributed by atoms with E-state index in [4.69, 9.17) is 21.1 Å². The van der Waals surface area contributed by atoms with Gasteiger partial charge in [-0.1, -0.05) is 36.7 Å². The summed E-state index contributed by atoms with van der Waals surface area (Å²) in [7, 11) is 1.39. The lowest BCUT2D eigenvalue weighted by Gasteiger charge is -2.33. The van der Waals surface area contributed by atoms with Gasteiger partial charge in [0, 0.05) is 23.0 Å². The highest BCUT2D eigenvalue weighted by molar-refractivity contribution is 7.14. The first kappa shape index (κ1) is 24.7. The van der Waals surface area contributed by atoms with Crippen LogP contribution in [0.5, 0.6) is 5.06 Å². The summed E-state index contributed by atoms with van der Waals surface area (Å²) in [4.78, 5) is 28.2. The first-order valence-corrected chi connectivity index (χ1v) is 10.9. The summed E-state index contributed by atoms with van der Waals surface area (Å²) in [6, 6.07) is 8.67. The van der Waals surface area contributed by atoms with Crippen LogP contribution in [0.3, 0.4) is 0 Å². The minimum absolute atomic E-state index is 0. The molecule has 1 aromatic carbocycles. The Morgan fingerprint density at radius 1 is 1.30 bits per heavy atom. The molecule has 8 heteroatoms. The number of carbonyl (C=O) groups is 2. The monoisotopic (exact) mass is 471 g/mol. The highest BCUT2D eigenvalue weighted by Gasteiger charge is 2.34. The fourth-order valence-electron chi connectivity index (χ4n) is 3.25. The molecule has 0 amide bonds. The van der Waals surface area contributed by atoms with Crippen molar-refractivity contribution in [2.24, 2.45) is 5.41 Å². The Kier molecular flexibility index (Phi) is 8.34. The van der Waals surface area contributed by atoms with Gasteiger partial charge in [0.2, 0.25) is 0 Å². The summed E-state index contributed by atoms with van der Waals surface area (Å²) < 4.78 is 10.7. The van der Waals surface area contributed by atoms with Gasteiger partial charge < -0.3 is 9.47 Å². The zero-order valence-corrected chi connectivity index (χ0v) is 20.0. The summed E-state index contributed by atoms with van der Waals surface area (Å²) >= 11 is 7.87. The Hall–Kier alpha value is -1.60. The molecule has 1 atom stereocenters. The van der Waals surface area contributed by atoms with Crippen LogP contribution < -0.4 is 4.74 Å². The molecular formula is C22H27Cl2NO4S. The molecule has 0 saturated carbocycles. The van der Waals surface area contributed by atoms with Crippen molar-refractivity contribution in [3.8, 4) is 5.06 Å². The molecular weight excluding hydrogens is 445 g/mol. The molecule has 1 aromatic heterocycles. The number of halogens is 2. The minimum atomic E-state index is -0.577. The lowest BCUT2D eigenvalue weighted by Crippen LogP contribution is -2.38. The van der Waals surface area contributed by atoms with Crippen molar-refractivity contribution in [3.05, 3.63) is 51.4 Å². The van der Waals surface area contributed by atoms with Crippen LogP contribution in [-0.2, 0) is 27.3 Å². The van der Waals surface area contributed by atoms with Crippen molar-refractivity contribution in [3.63, 3.8) is 0 Å². The van der Waals surface area contributed by atoms with Gasteiger partial charge in [-0.3, -0.25) is 9.69 Å². The van der Waals surface area contributed by atoms with Crippen LogP contribution in [0.1, 0.15) is 49.2 Å². The van der Waals surface area contributed by atoms with Gasteiger partial charge in [-0.2, -0.15) is 0 Å². The van der Waals surface area contributed by atoms with E-state index >= 15 is 0 Å². The van der Waals surface area contributed by atoms with E-state index < -0.39 is 11.5 Å². The standard InChI is InChI=1S/C22H26ClNO4S.ClH/c1-5-22(2,3)21(26)28-18-12-14-13-24(11-10-17(14)29-18)19(20(25)27-4)15-8-6-7-9-16(15)23;/h6-9,12,19H,5,10-11,13H2,1-4H3;1H. The molecule has 1 unspecified atom stereocenters. The number of rotatable bonds is 6. The number of hydrogen-bond acceptors (Lipinski definition) is 6. The number of hydrogen-bond donors (Lipinski definition) is 0. The van der Waals surface area contributed by atoms with E-state index in [0.717, 1.165) is 17.5 Å². The van der Waals surface area contributed by atoms with Gasteiger partial charge in [0.05, 0.1) is 12.5 Å². The lowest BCUT2D eigenvalue weighted by atomic mass is 9.91. The maximum Gasteiger partial charge on any atom is 0.327 e. The molecule has 2 heterocycles. The Balaban J connectivity index is 0.00000320. The molecule has 1 aliphatic rings. The second-order valence-corrected chi connectivity index (χ2v) is 9.31. The molecule has 0 N–H and O–H groups in total. The van der Waals surface area contributed by atoms with Crippen molar-refractivity contribution in [1.29, 1.82) is 0 Å². The van der Waals surface area contributed by atoms with Crippen LogP contribution in [0.15, 0.2) is 30.3 Å². The predicted molar refractivity (Wildman–Crippen MR) is 122 cm³/mol. The van der Waals surface area contributed by atoms with Crippen LogP contribution in [0.25, 0.3) is 0 Å². The molecule has 3 rings (SSSR count). The van der Waals surface area contributed by atoms with E-state index in [-0.39, 0.29) is 24.3 Å². The number of nitrogens with zero attached hydrogens (tertiary/aromatic N) is 1. The van der Waals surface area contributed by atoms with Gasteiger partial charge >= 0.3 is 11.9 Å². The Bertz CT molecular complexity index is 912. The van der Waals surface area contributed by atoms with Gasteiger partial charge in [0.1, 0.15) is 6.04 Å². The molecule has 0 saturated heterocycles. The maximum absolute atomic E-state index is 12.6. The summed E-state index contributed by atoms with van der Waals surface area (Å²) in [5, 5.41) is 1.14. The lowest BCUT2D eigenvalue weighted by molar-refractivity contribution is -0.147. The molecule has 1 aliphatic heterocycles. The topological polar surface area (TPSA) is 55.8 Å². The fraction of sp³-hybridized carbons (Fsp3) is 0.455. The van der Waals surface area contributed by atoms with Crippen molar-refractivity contribution in [1.82, 2.24) is 4.90 Å². The number of esters is 2. The van der Waals surface area contributed by atoms with Crippen LogP contribution in [-0.4, -0.2) is 30.5 Å². The first-order chi connectivity index (χ1) is 13.8. The summed E-state index contributed by atoms with van der Waals surface area (Å²) in [5.41, 5.74) is 1.28. The number of thiophene rings is 1. The van der Waals surface area contributed by atoms with Gasteiger partial charge in [0.25, 0.3) is 0 Å². The highest BCUT2D eigenvalue weighted by atomic mass is 35.5. The highest BCUT2D eigenvalue weighted by Crippen LogP contribution is 2.38. The zero-order chi connectivity index (χ0) is 21.2. The zero-order valence-electron chi connectivity index (χ0n) is 17.6. The Morgan fingerprint density at radius 2 is 2.00 bits per heavy atom. The first-order valence-electron chi connectivity index (χ1n) is 9.67. The summed E-state index contributed by atoms with van der Waals surface area (Å²) in [6.45, 7) is 6.99. The van der Waals surface area contributed by atoms with Crippen molar-refractivity contribution in [2.45, 2.75) is 46.2 Å². The van der Waals surface area contributed by atoms with Crippen molar-refractivity contribution < 1.29 is 19.1 Å². The van der Waals surface area contributed by atoms with Crippen LogP contribution >= 0.6 is 35.3 Å². The number of ether oxygens (including phenoxy) is 2. The SMILES string of the molecule is CCC(C)(C)C(=O)Oc1cc2c(s1)CCN(C(C(=O)OC)c1ccccc1Cl)C2.Cl. The number of benzene rings is 1. The van der Waals surface area contributed by atoms with E-state index in [9.17, 15) is 9.59 Å². The predicted octanol–water partition coefficient (Wildman–Crippen LogP) is 5.44. The van der Waals surface area contributed by atoms with Gasteiger partial charge in [-0.15, -0.1) is 23.7 Å². The molecule has 164 valence electrons. The van der Waals surface area contributed by atoms with E-state index in [0.29, 0.717) is 29.6 Å². The summed E-state index contributed by atoms with van der Waals surface area (Å²) in [5.74, 6) is -0.563. The summed E-state index contributed by atoms with van der Waals surface area (Å²) in [6.07, 6.45) is 1.48. The van der Waals surface area contributed by atoms with Crippen molar-refractivity contribution >= 4 is 47.3 Å². The molecule has 0 spiro atoms. The smallest absolute Gasteiger partial charge is 0.327 e. The maximum atomic E-state index is 12.6. The normalized spacial score (nSPS) is 15.0. The average Bonchev–Trinajstić information content (AvgIpc) is 3.10. The van der Waals surface area contributed by atoms with E-state index in [1.54, 1.807) is 6.07 Å². The van der Waals surface area contributed by atoms with Gasteiger partial charge in [-0.25, -0.2) is 4.79 Å². The second kappa shape index (κ2) is 10.1. The van der Waals surface area contributed by atoms with Crippen molar-refractivity contribution in [2.75, 3.05) is 13.7 Å². The third kappa shape index (κ3) is 5.17. The van der Waals surface area contributed by atoms with Crippen LogP contribution in [0.2, 0.25) is 5.02 Å². The van der Waals surface area contributed by atoms with E-state index in [1.807, 2.05) is 45.0 Å². The fourth-order valence-corrected chi connectivity index (χ4v) is 4.50. The molecule has 5 nitrogen and oxygen atoms in total. The van der Waals surface area contributed by atoms with E-state index in [2.05, 4.69) is 4.90 Å². The quantitative estimate of drug-likeness (QED) is 0.525. The molecule has 30 heavy (non-hydrogen) atoms. The average molecular weight is 472 g/mol.